The van der Waals surface area contributed by atoms with Crippen molar-refractivity contribution < 1.29 is 28.6 Å². The third kappa shape index (κ3) is 49.1. The van der Waals surface area contributed by atoms with Crippen LogP contribution < -0.4 is 0 Å². The molecule has 0 saturated heterocycles. The van der Waals surface area contributed by atoms with Gasteiger partial charge in [0.15, 0.2) is 6.10 Å². The number of allylic oxidation sites excluding steroid dienone is 18. The molecule has 1 unspecified atom stereocenters. The first-order chi connectivity index (χ1) is 31.5. The summed E-state index contributed by atoms with van der Waals surface area (Å²) in [6.45, 7) is 6.36. The van der Waals surface area contributed by atoms with E-state index in [-0.39, 0.29) is 37.5 Å². The van der Waals surface area contributed by atoms with Gasteiger partial charge in [-0.2, -0.15) is 0 Å². The molecule has 0 saturated carbocycles. The number of rotatable bonds is 45. The van der Waals surface area contributed by atoms with Crippen molar-refractivity contribution in [2.45, 2.75) is 226 Å². The molecular formula is C58H94O6. The topological polar surface area (TPSA) is 78.9 Å². The van der Waals surface area contributed by atoms with Gasteiger partial charge in [-0.05, 0) is 83.5 Å². The summed E-state index contributed by atoms with van der Waals surface area (Å²) >= 11 is 0. The van der Waals surface area contributed by atoms with Crippen LogP contribution in [-0.2, 0) is 28.6 Å². The Balaban J connectivity index is 4.52. The molecule has 0 N–H and O–H groups in total. The second kappa shape index (κ2) is 51.7. The summed E-state index contributed by atoms with van der Waals surface area (Å²) in [5.41, 5.74) is 0. The van der Waals surface area contributed by atoms with Crippen LogP contribution in [0.5, 0.6) is 0 Å². The summed E-state index contributed by atoms with van der Waals surface area (Å²) < 4.78 is 16.7. The summed E-state index contributed by atoms with van der Waals surface area (Å²) in [5.74, 6) is -1.02. The highest BCUT2D eigenvalue weighted by atomic mass is 16.6. The fraction of sp³-hybridized carbons (Fsp3) is 0.638. The van der Waals surface area contributed by atoms with Crippen molar-refractivity contribution in [3.05, 3.63) is 109 Å². The molecule has 6 nitrogen and oxygen atoms in total. The van der Waals surface area contributed by atoms with Crippen molar-refractivity contribution in [1.29, 1.82) is 0 Å². The number of carbonyl (C=O) groups is 3. The van der Waals surface area contributed by atoms with E-state index in [0.29, 0.717) is 19.3 Å². The van der Waals surface area contributed by atoms with Crippen LogP contribution in [0.2, 0.25) is 0 Å². The summed E-state index contributed by atoms with van der Waals surface area (Å²) in [7, 11) is 0. The third-order valence-electron chi connectivity index (χ3n) is 10.7. The highest BCUT2D eigenvalue weighted by Crippen LogP contribution is 2.13. The third-order valence-corrected chi connectivity index (χ3v) is 10.7. The van der Waals surface area contributed by atoms with Gasteiger partial charge in [0, 0.05) is 19.3 Å². The summed E-state index contributed by atoms with van der Waals surface area (Å²) in [5, 5.41) is 0. The summed E-state index contributed by atoms with van der Waals surface area (Å²) in [6, 6.07) is 0. The molecule has 0 aromatic carbocycles. The summed E-state index contributed by atoms with van der Waals surface area (Å²) in [6.07, 6.45) is 69.3. The number of unbranched alkanes of at least 4 members (excludes halogenated alkanes) is 22. The molecule has 0 heterocycles. The Kier molecular flexibility index (Phi) is 48.5. The molecule has 6 heteroatoms. The lowest BCUT2D eigenvalue weighted by molar-refractivity contribution is -0.167. The van der Waals surface area contributed by atoms with E-state index in [1.54, 1.807) is 0 Å². The van der Waals surface area contributed by atoms with E-state index in [1.165, 1.54) is 83.5 Å². The second-order valence-electron chi connectivity index (χ2n) is 16.9. The van der Waals surface area contributed by atoms with Crippen LogP contribution in [0.25, 0.3) is 0 Å². The van der Waals surface area contributed by atoms with Gasteiger partial charge in [-0.15, -0.1) is 0 Å². The van der Waals surface area contributed by atoms with Crippen LogP contribution in [-0.4, -0.2) is 37.2 Å². The lowest BCUT2D eigenvalue weighted by Gasteiger charge is -2.18. The van der Waals surface area contributed by atoms with Gasteiger partial charge in [-0.3, -0.25) is 14.4 Å². The quantitative estimate of drug-likeness (QED) is 0.0262. The Bertz CT molecular complexity index is 1340. The number of carbonyl (C=O) groups excluding carboxylic acids is 3. The first-order valence-corrected chi connectivity index (χ1v) is 26.0. The molecule has 0 amide bonds. The molecule has 0 rings (SSSR count). The Hall–Kier alpha value is -3.93. The van der Waals surface area contributed by atoms with Gasteiger partial charge in [-0.1, -0.05) is 226 Å². The maximum atomic E-state index is 12.8. The fourth-order valence-corrected chi connectivity index (χ4v) is 6.75. The molecule has 0 radical (unpaired) electrons. The fourth-order valence-electron chi connectivity index (χ4n) is 6.75. The maximum absolute atomic E-state index is 12.8. The lowest BCUT2D eigenvalue weighted by atomic mass is 10.1. The van der Waals surface area contributed by atoms with E-state index in [0.717, 1.165) is 89.9 Å². The van der Waals surface area contributed by atoms with Crippen molar-refractivity contribution in [2.24, 2.45) is 0 Å². The van der Waals surface area contributed by atoms with E-state index < -0.39 is 6.10 Å². The van der Waals surface area contributed by atoms with E-state index in [1.807, 2.05) is 54.7 Å². The minimum absolute atomic E-state index is 0.116. The number of hydrogen-bond donors (Lipinski definition) is 0. The number of esters is 3. The molecule has 1 atom stereocenters. The first-order valence-electron chi connectivity index (χ1n) is 26.0. The van der Waals surface area contributed by atoms with Gasteiger partial charge >= 0.3 is 17.9 Å². The Morgan fingerprint density at radius 2 is 0.625 bits per heavy atom. The van der Waals surface area contributed by atoms with E-state index in [2.05, 4.69) is 75.5 Å². The van der Waals surface area contributed by atoms with Crippen molar-refractivity contribution >= 4 is 17.9 Å². The van der Waals surface area contributed by atoms with Crippen LogP contribution in [0.15, 0.2) is 109 Å². The minimum Gasteiger partial charge on any atom is -0.462 e. The molecule has 362 valence electrons. The summed E-state index contributed by atoms with van der Waals surface area (Å²) in [4.78, 5) is 38.0. The van der Waals surface area contributed by atoms with Crippen LogP contribution in [0.1, 0.15) is 220 Å². The second-order valence-corrected chi connectivity index (χ2v) is 16.9. The number of hydrogen-bond acceptors (Lipinski definition) is 6. The van der Waals surface area contributed by atoms with Gasteiger partial charge in [0.25, 0.3) is 0 Å². The highest BCUT2D eigenvalue weighted by Gasteiger charge is 2.19. The van der Waals surface area contributed by atoms with E-state index in [4.69, 9.17) is 14.2 Å². The van der Waals surface area contributed by atoms with Gasteiger partial charge in [0.05, 0.1) is 0 Å². The van der Waals surface area contributed by atoms with Crippen molar-refractivity contribution in [1.82, 2.24) is 0 Å². The van der Waals surface area contributed by atoms with Gasteiger partial charge < -0.3 is 14.2 Å². The predicted molar refractivity (Wildman–Crippen MR) is 274 cm³/mol. The molecule has 64 heavy (non-hydrogen) atoms. The van der Waals surface area contributed by atoms with Gasteiger partial charge in [-0.25, -0.2) is 0 Å². The largest absolute Gasteiger partial charge is 0.462 e. The van der Waals surface area contributed by atoms with E-state index in [9.17, 15) is 14.4 Å². The Labute approximate surface area is 393 Å². The molecule has 0 bridgehead atoms. The standard InChI is InChI=1S/C58H94O6/c1-4-7-10-13-16-19-22-25-27-28-29-31-33-36-39-42-45-48-51-57(60)63-54-55(53-62-56(59)50-47-44-41-38-35-32-24-21-18-15-12-9-6-3)64-58(61)52-49-46-43-40-37-34-30-26-23-20-17-14-11-8-5-2/h9,12,15,17-18,20-21,23-24,26-29,31-32,35,38,41,55H,4-8,10-11,13-14,16,19,22,25,30,33-34,36-37,39-40,42-54H2,1-3H3/b12-9+,18-15+,20-17+,24-21+,26-23+,28-27+,31-29+,35-32+,41-38+. The van der Waals surface area contributed by atoms with Crippen molar-refractivity contribution in [3.8, 4) is 0 Å². The van der Waals surface area contributed by atoms with Gasteiger partial charge in [0.1, 0.15) is 13.2 Å². The van der Waals surface area contributed by atoms with Crippen LogP contribution >= 0.6 is 0 Å². The molecule has 0 aliphatic heterocycles. The Morgan fingerprint density at radius 3 is 1.06 bits per heavy atom. The molecule has 0 spiro atoms. The zero-order chi connectivity index (χ0) is 46.5. The SMILES string of the molecule is CC/C=C/C=C/C=C/C=C/C=C/CCCC(=O)OCC(COC(=O)CCCCCCC/C=C/C=C/CCCCCCCCC)OC(=O)CCCCCCCC/C=C/C=C/CCCCC. The molecule has 0 aliphatic rings. The molecular weight excluding hydrogens is 793 g/mol. The Morgan fingerprint density at radius 1 is 0.328 bits per heavy atom. The monoisotopic (exact) mass is 887 g/mol. The van der Waals surface area contributed by atoms with Crippen LogP contribution in [0, 0.1) is 0 Å². The van der Waals surface area contributed by atoms with Crippen LogP contribution in [0.3, 0.4) is 0 Å². The minimum atomic E-state index is -0.821. The average molecular weight is 887 g/mol. The number of ether oxygens (including phenoxy) is 3. The molecule has 0 aromatic heterocycles. The molecule has 0 aromatic rings. The normalized spacial score (nSPS) is 13.0. The molecule has 0 aliphatic carbocycles. The van der Waals surface area contributed by atoms with Crippen LogP contribution in [0.4, 0.5) is 0 Å². The maximum Gasteiger partial charge on any atom is 0.306 e. The average Bonchev–Trinajstić information content (AvgIpc) is 3.29. The molecule has 0 fully saturated rings. The van der Waals surface area contributed by atoms with E-state index >= 15 is 0 Å². The zero-order valence-corrected chi connectivity index (χ0v) is 41.3. The highest BCUT2D eigenvalue weighted by molar-refractivity contribution is 5.71. The van der Waals surface area contributed by atoms with Gasteiger partial charge in [0.2, 0.25) is 0 Å². The van der Waals surface area contributed by atoms with Crippen molar-refractivity contribution in [3.63, 3.8) is 0 Å². The predicted octanol–water partition coefficient (Wildman–Crippen LogP) is 17.1. The first kappa shape index (κ1) is 60.1. The lowest BCUT2D eigenvalue weighted by Crippen LogP contribution is -2.30. The van der Waals surface area contributed by atoms with Crippen molar-refractivity contribution in [2.75, 3.05) is 13.2 Å². The smallest absolute Gasteiger partial charge is 0.306 e. The zero-order valence-electron chi connectivity index (χ0n) is 41.3.